The van der Waals surface area contributed by atoms with E-state index in [0.717, 1.165) is 16.8 Å². The number of rotatable bonds is 9. The average Bonchev–Trinajstić information content (AvgIpc) is 2.73. The molecule has 6 heteroatoms. The van der Waals surface area contributed by atoms with E-state index in [1.165, 1.54) is 24.3 Å². The van der Waals surface area contributed by atoms with Gasteiger partial charge in [-0.05, 0) is 47.5 Å². The fourth-order valence-electron chi connectivity index (χ4n) is 2.73. The minimum atomic E-state index is -0.301. The third-order valence-electron chi connectivity index (χ3n) is 4.42. The summed E-state index contributed by atoms with van der Waals surface area (Å²) in [6.07, 6.45) is 0. The van der Waals surface area contributed by atoms with Crippen molar-refractivity contribution in [2.75, 3.05) is 25.1 Å². The maximum Gasteiger partial charge on any atom is 0.163 e. The van der Waals surface area contributed by atoms with Gasteiger partial charge in [0.1, 0.15) is 24.8 Å². The van der Waals surface area contributed by atoms with E-state index in [-0.39, 0.29) is 31.5 Å². The fraction of sp³-hybridized carbons (Fsp3) is 0.217. The first kappa shape index (κ1) is 20.6. The zero-order chi connectivity index (χ0) is 20.6. The van der Waals surface area contributed by atoms with E-state index < -0.39 is 0 Å². The molecule has 0 atom stereocenters. The number of aliphatic hydroxyl groups excluding tert-OH is 1. The SMILES string of the molecule is CN(CCO)c1ccc(OCc2ccc(F)cc2)c(OCc2ccc(F)cc2)c1. The van der Waals surface area contributed by atoms with Gasteiger partial charge in [0.25, 0.3) is 0 Å². The molecule has 0 unspecified atom stereocenters. The Morgan fingerprint density at radius 2 is 1.28 bits per heavy atom. The van der Waals surface area contributed by atoms with E-state index in [1.807, 2.05) is 24.1 Å². The molecule has 4 nitrogen and oxygen atoms in total. The summed E-state index contributed by atoms with van der Waals surface area (Å²) >= 11 is 0. The lowest BCUT2D eigenvalue weighted by atomic mass is 10.2. The van der Waals surface area contributed by atoms with Gasteiger partial charge in [0, 0.05) is 25.3 Å². The lowest BCUT2D eigenvalue weighted by molar-refractivity contribution is 0.256. The summed E-state index contributed by atoms with van der Waals surface area (Å²) in [4.78, 5) is 1.90. The van der Waals surface area contributed by atoms with Gasteiger partial charge in [0.05, 0.1) is 6.61 Å². The molecule has 3 aromatic rings. The van der Waals surface area contributed by atoms with Crippen molar-refractivity contribution >= 4 is 5.69 Å². The molecule has 152 valence electrons. The molecule has 0 fully saturated rings. The number of nitrogens with zero attached hydrogens (tertiary/aromatic N) is 1. The number of hydrogen-bond donors (Lipinski definition) is 1. The Labute approximate surface area is 168 Å². The van der Waals surface area contributed by atoms with Crippen molar-refractivity contribution in [2.45, 2.75) is 13.2 Å². The summed E-state index contributed by atoms with van der Waals surface area (Å²) in [5.74, 6) is 0.467. The summed E-state index contributed by atoms with van der Waals surface area (Å²) in [7, 11) is 1.87. The highest BCUT2D eigenvalue weighted by Gasteiger charge is 2.11. The van der Waals surface area contributed by atoms with Gasteiger partial charge in [-0.25, -0.2) is 8.78 Å². The Kier molecular flexibility index (Phi) is 7.03. The third kappa shape index (κ3) is 5.93. The van der Waals surface area contributed by atoms with E-state index in [0.29, 0.717) is 18.0 Å². The van der Waals surface area contributed by atoms with Crippen LogP contribution in [-0.4, -0.2) is 25.3 Å². The second-order valence-corrected chi connectivity index (χ2v) is 6.61. The third-order valence-corrected chi connectivity index (χ3v) is 4.42. The molecular formula is C23H23F2NO3. The molecule has 0 saturated carbocycles. The molecule has 0 aromatic heterocycles. The van der Waals surface area contributed by atoms with Crippen LogP contribution in [0.2, 0.25) is 0 Å². The maximum atomic E-state index is 13.1. The monoisotopic (exact) mass is 399 g/mol. The molecular weight excluding hydrogens is 376 g/mol. The summed E-state index contributed by atoms with van der Waals surface area (Å²) in [5, 5.41) is 9.17. The lowest BCUT2D eigenvalue weighted by Gasteiger charge is -2.20. The normalized spacial score (nSPS) is 10.6. The molecule has 0 spiro atoms. The van der Waals surface area contributed by atoms with Crippen LogP contribution in [-0.2, 0) is 13.2 Å². The summed E-state index contributed by atoms with van der Waals surface area (Å²) in [6.45, 7) is 1.03. The van der Waals surface area contributed by atoms with Crippen LogP contribution >= 0.6 is 0 Å². The molecule has 0 aliphatic heterocycles. The Morgan fingerprint density at radius 3 is 1.79 bits per heavy atom. The van der Waals surface area contributed by atoms with Crippen LogP contribution in [0.25, 0.3) is 0 Å². The summed E-state index contributed by atoms with van der Waals surface area (Å²) < 4.78 is 38.0. The lowest BCUT2D eigenvalue weighted by Crippen LogP contribution is -2.21. The molecule has 0 saturated heterocycles. The molecule has 29 heavy (non-hydrogen) atoms. The summed E-state index contributed by atoms with van der Waals surface area (Å²) in [5.41, 5.74) is 2.52. The quantitative estimate of drug-likeness (QED) is 0.573. The van der Waals surface area contributed by atoms with Crippen molar-refractivity contribution in [3.63, 3.8) is 0 Å². The molecule has 0 aliphatic carbocycles. The minimum absolute atomic E-state index is 0.0328. The molecule has 3 aromatic carbocycles. The molecule has 0 radical (unpaired) electrons. The highest BCUT2D eigenvalue weighted by atomic mass is 19.1. The van der Waals surface area contributed by atoms with Crippen molar-refractivity contribution in [2.24, 2.45) is 0 Å². The molecule has 0 amide bonds. The molecule has 0 heterocycles. The molecule has 0 aliphatic rings. The largest absolute Gasteiger partial charge is 0.485 e. The van der Waals surface area contributed by atoms with Crippen LogP contribution in [0.15, 0.2) is 66.7 Å². The van der Waals surface area contributed by atoms with Crippen LogP contribution in [0.5, 0.6) is 11.5 Å². The molecule has 0 bridgehead atoms. The van der Waals surface area contributed by atoms with Crippen LogP contribution < -0.4 is 14.4 Å². The van der Waals surface area contributed by atoms with E-state index in [1.54, 1.807) is 30.3 Å². The minimum Gasteiger partial charge on any atom is -0.485 e. The number of likely N-dealkylation sites (N-methyl/N-ethyl adjacent to an activating group) is 1. The van der Waals surface area contributed by atoms with Crippen LogP contribution in [0.4, 0.5) is 14.5 Å². The average molecular weight is 399 g/mol. The summed E-state index contributed by atoms with van der Waals surface area (Å²) in [6, 6.07) is 17.7. The number of anilines is 1. The van der Waals surface area contributed by atoms with Crippen molar-refractivity contribution in [1.29, 1.82) is 0 Å². The highest BCUT2D eigenvalue weighted by molar-refractivity contribution is 5.56. The van der Waals surface area contributed by atoms with Crippen LogP contribution in [0, 0.1) is 11.6 Å². The van der Waals surface area contributed by atoms with Gasteiger partial charge in [0.15, 0.2) is 11.5 Å². The smallest absolute Gasteiger partial charge is 0.163 e. The number of hydrogen-bond acceptors (Lipinski definition) is 4. The van der Waals surface area contributed by atoms with Crippen molar-refractivity contribution in [3.8, 4) is 11.5 Å². The maximum absolute atomic E-state index is 13.1. The number of aliphatic hydroxyl groups is 1. The second kappa shape index (κ2) is 9.89. The van der Waals surface area contributed by atoms with E-state index in [4.69, 9.17) is 9.47 Å². The van der Waals surface area contributed by atoms with Gasteiger partial charge < -0.3 is 19.5 Å². The van der Waals surface area contributed by atoms with Gasteiger partial charge in [-0.15, -0.1) is 0 Å². The molecule has 1 N–H and O–H groups in total. The van der Waals surface area contributed by atoms with Gasteiger partial charge in [-0.3, -0.25) is 0 Å². The van der Waals surface area contributed by atoms with Crippen LogP contribution in [0.3, 0.4) is 0 Å². The van der Waals surface area contributed by atoms with Gasteiger partial charge in [-0.1, -0.05) is 24.3 Å². The Morgan fingerprint density at radius 1 is 0.759 bits per heavy atom. The first-order valence-electron chi connectivity index (χ1n) is 9.25. The predicted molar refractivity (Wildman–Crippen MR) is 108 cm³/mol. The zero-order valence-corrected chi connectivity index (χ0v) is 16.1. The van der Waals surface area contributed by atoms with Gasteiger partial charge in [-0.2, -0.15) is 0 Å². The van der Waals surface area contributed by atoms with E-state index >= 15 is 0 Å². The Hall–Kier alpha value is -3.12. The zero-order valence-electron chi connectivity index (χ0n) is 16.1. The topological polar surface area (TPSA) is 41.9 Å². The van der Waals surface area contributed by atoms with Crippen molar-refractivity contribution in [3.05, 3.63) is 89.5 Å². The Balaban J connectivity index is 1.77. The van der Waals surface area contributed by atoms with Gasteiger partial charge in [0.2, 0.25) is 0 Å². The van der Waals surface area contributed by atoms with Crippen molar-refractivity contribution in [1.82, 2.24) is 0 Å². The number of ether oxygens (including phenoxy) is 2. The highest BCUT2D eigenvalue weighted by Crippen LogP contribution is 2.33. The second-order valence-electron chi connectivity index (χ2n) is 6.61. The first-order chi connectivity index (χ1) is 14.0. The number of halogens is 2. The predicted octanol–water partition coefficient (Wildman–Crippen LogP) is 4.55. The van der Waals surface area contributed by atoms with E-state index in [9.17, 15) is 13.9 Å². The van der Waals surface area contributed by atoms with Crippen LogP contribution in [0.1, 0.15) is 11.1 Å². The number of benzene rings is 3. The molecule has 3 rings (SSSR count). The fourth-order valence-corrected chi connectivity index (χ4v) is 2.73. The first-order valence-corrected chi connectivity index (χ1v) is 9.25. The van der Waals surface area contributed by atoms with Crippen molar-refractivity contribution < 1.29 is 23.4 Å². The van der Waals surface area contributed by atoms with Gasteiger partial charge >= 0.3 is 0 Å². The van der Waals surface area contributed by atoms with E-state index in [2.05, 4.69) is 0 Å². The Bertz CT molecular complexity index is 914. The standard InChI is InChI=1S/C23H23F2NO3/c1-26(12-13-27)21-10-11-22(28-15-17-2-6-19(24)7-3-17)23(14-21)29-16-18-4-8-20(25)9-5-18/h2-11,14,27H,12-13,15-16H2,1H3.